The van der Waals surface area contributed by atoms with Crippen molar-refractivity contribution in [3.05, 3.63) is 0 Å². The van der Waals surface area contributed by atoms with E-state index in [4.69, 9.17) is 21.1 Å². The fourth-order valence-electron chi connectivity index (χ4n) is 9.95. The van der Waals surface area contributed by atoms with Gasteiger partial charge >= 0.3 is 11.9 Å². The predicted octanol–water partition coefficient (Wildman–Crippen LogP) is 4.86. The molecule has 0 heterocycles. The average Bonchev–Trinajstić information content (AvgIpc) is 3.09. The first-order valence-electron chi connectivity index (χ1n) is 12.7. The molecular weight excluding hydrogens is 428 g/mol. The lowest BCUT2D eigenvalue weighted by Gasteiger charge is -2.63. The van der Waals surface area contributed by atoms with Gasteiger partial charge in [-0.15, -0.1) is 11.6 Å². The molecular formula is C26H39ClO5. The number of carbonyl (C=O) groups excluding carboxylic acids is 2. The van der Waals surface area contributed by atoms with Crippen LogP contribution in [0, 0.1) is 40.4 Å². The van der Waals surface area contributed by atoms with Gasteiger partial charge in [0.15, 0.2) is 0 Å². The molecule has 0 aromatic carbocycles. The number of rotatable bonds is 3. The topological polar surface area (TPSA) is 72.8 Å². The smallest absolute Gasteiger partial charge is 0.302 e. The summed E-state index contributed by atoms with van der Waals surface area (Å²) in [5, 5.41) is 11.2. The largest absolute Gasteiger partial charge is 0.463 e. The van der Waals surface area contributed by atoms with Gasteiger partial charge in [-0.2, -0.15) is 0 Å². The molecule has 5 aliphatic rings. The monoisotopic (exact) mass is 466 g/mol. The summed E-state index contributed by atoms with van der Waals surface area (Å²) >= 11 is 7.53. The van der Waals surface area contributed by atoms with E-state index < -0.39 is 4.87 Å². The number of hydrogen-bond donors (Lipinski definition) is 1. The summed E-state index contributed by atoms with van der Waals surface area (Å²) in [6, 6.07) is 0. The first kappa shape index (κ1) is 23.0. The average molecular weight is 467 g/mol. The molecule has 180 valence electrons. The van der Waals surface area contributed by atoms with Crippen molar-refractivity contribution in [2.45, 2.75) is 109 Å². The van der Waals surface area contributed by atoms with Gasteiger partial charge in [-0.3, -0.25) is 9.59 Å². The Morgan fingerprint density at radius 1 is 1.00 bits per heavy atom. The van der Waals surface area contributed by atoms with E-state index in [1.165, 1.54) is 20.3 Å². The highest BCUT2D eigenvalue weighted by atomic mass is 35.5. The number of halogens is 1. The third-order valence-electron chi connectivity index (χ3n) is 10.9. The Morgan fingerprint density at radius 2 is 1.75 bits per heavy atom. The molecule has 0 aromatic rings. The van der Waals surface area contributed by atoms with Gasteiger partial charge in [0.2, 0.25) is 0 Å². The van der Waals surface area contributed by atoms with Gasteiger partial charge in [0.05, 0.1) is 11.0 Å². The Hall–Kier alpha value is -0.810. The highest BCUT2D eigenvalue weighted by Gasteiger charge is 2.74. The quantitative estimate of drug-likeness (QED) is 0.475. The third kappa shape index (κ3) is 3.05. The summed E-state index contributed by atoms with van der Waals surface area (Å²) in [6.45, 7) is 7.48. The maximum Gasteiger partial charge on any atom is 0.302 e. The lowest BCUT2D eigenvalue weighted by molar-refractivity contribution is -0.162. The minimum Gasteiger partial charge on any atom is -0.463 e. The standard InChI is InChI=1S/C26H39ClO5/c1-14(31-15(2)28)19-5-6-20-18-11-22-23(30)13-25(21(18)8-9-24(19,20)4)10-7-17(32-16(3)29)12-26(22,25)27/h14,17-23,30H,5-13H2,1-4H3/t14-,17+,18+,19-,20+,21+,22+,23?,24-,25+,26+/m1/s1. The molecule has 0 saturated heterocycles. The highest BCUT2D eigenvalue weighted by Crippen LogP contribution is 2.76. The zero-order valence-corrected chi connectivity index (χ0v) is 20.7. The SMILES string of the molecule is CC(=O)O[C@H]1CC[C@]23CC(O)[C@H](C[C@H]4[C@@H]5CC[C@H]([C@@H](C)OC(C)=O)[C@@]5(C)CC[C@@H]42)[C@@]3(Cl)C1. The number of hydrogen-bond acceptors (Lipinski definition) is 5. The van der Waals surface area contributed by atoms with Crippen molar-refractivity contribution < 1.29 is 24.2 Å². The van der Waals surface area contributed by atoms with Crippen LogP contribution in [-0.4, -0.2) is 40.2 Å². The van der Waals surface area contributed by atoms with Gasteiger partial charge in [0.25, 0.3) is 0 Å². The van der Waals surface area contributed by atoms with Crippen LogP contribution in [0.1, 0.15) is 85.5 Å². The van der Waals surface area contributed by atoms with E-state index in [2.05, 4.69) is 13.8 Å². The number of fused-ring (bicyclic) bond motifs is 3. The fourth-order valence-corrected chi connectivity index (χ4v) is 10.7. The van der Waals surface area contributed by atoms with E-state index >= 15 is 0 Å². The van der Waals surface area contributed by atoms with Crippen molar-refractivity contribution in [3.8, 4) is 0 Å². The Kier molecular flexibility index (Phi) is 5.45. The first-order valence-corrected chi connectivity index (χ1v) is 13.1. The van der Waals surface area contributed by atoms with Crippen LogP contribution in [0.15, 0.2) is 0 Å². The van der Waals surface area contributed by atoms with Gasteiger partial charge < -0.3 is 14.6 Å². The third-order valence-corrected chi connectivity index (χ3v) is 11.7. The van der Waals surface area contributed by atoms with Crippen molar-refractivity contribution in [3.63, 3.8) is 0 Å². The van der Waals surface area contributed by atoms with E-state index in [9.17, 15) is 14.7 Å². The zero-order chi connectivity index (χ0) is 23.1. The second-order valence-electron chi connectivity index (χ2n) is 12.0. The van der Waals surface area contributed by atoms with Gasteiger partial charge in [-0.1, -0.05) is 6.92 Å². The van der Waals surface area contributed by atoms with E-state index in [1.807, 2.05) is 0 Å². The first-order chi connectivity index (χ1) is 15.0. The summed E-state index contributed by atoms with van der Waals surface area (Å²) in [5.41, 5.74) is 0.122. The second kappa shape index (κ2) is 7.60. The van der Waals surface area contributed by atoms with Gasteiger partial charge in [0, 0.05) is 32.1 Å². The number of alkyl halides is 1. The molecule has 1 N–H and O–H groups in total. The normalized spacial score (nSPS) is 52.4. The molecule has 5 fully saturated rings. The van der Waals surface area contributed by atoms with Crippen molar-refractivity contribution in [2.24, 2.45) is 40.4 Å². The number of ether oxygens (including phenoxy) is 2. The second-order valence-corrected chi connectivity index (χ2v) is 12.7. The predicted molar refractivity (Wildman–Crippen MR) is 121 cm³/mol. The molecule has 0 aliphatic heterocycles. The van der Waals surface area contributed by atoms with Crippen molar-refractivity contribution in [2.75, 3.05) is 0 Å². The molecule has 6 heteroatoms. The van der Waals surface area contributed by atoms with Crippen LogP contribution in [-0.2, 0) is 19.1 Å². The summed E-state index contributed by atoms with van der Waals surface area (Å²) in [4.78, 5) is 22.8. The maximum absolute atomic E-state index is 11.6. The number of aliphatic hydroxyl groups excluding tert-OH is 1. The zero-order valence-electron chi connectivity index (χ0n) is 19.9. The number of carbonyl (C=O) groups is 2. The summed E-state index contributed by atoms with van der Waals surface area (Å²) < 4.78 is 11.3. The van der Waals surface area contributed by atoms with E-state index in [0.29, 0.717) is 30.1 Å². The van der Waals surface area contributed by atoms with Crippen LogP contribution in [0.2, 0.25) is 0 Å². The molecule has 11 atom stereocenters. The molecule has 5 aliphatic carbocycles. The summed E-state index contributed by atoms with van der Waals surface area (Å²) in [5.74, 6) is 1.74. The van der Waals surface area contributed by atoms with Crippen LogP contribution >= 0.6 is 11.6 Å². The molecule has 0 spiro atoms. The van der Waals surface area contributed by atoms with Crippen LogP contribution < -0.4 is 0 Å². The van der Waals surface area contributed by atoms with Crippen molar-refractivity contribution in [1.82, 2.24) is 0 Å². The molecule has 2 bridgehead atoms. The van der Waals surface area contributed by atoms with Crippen LogP contribution in [0.3, 0.4) is 0 Å². The summed E-state index contributed by atoms with van der Waals surface area (Å²) in [6.07, 6.45) is 8.26. The van der Waals surface area contributed by atoms with Crippen molar-refractivity contribution in [1.29, 1.82) is 0 Å². The maximum atomic E-state index is 11.6. The van der Waals surface area contributed by atoms with Crippen molar-refractivity contribution >= 4 is 23.5 Å². The Balaban J connectivity index is 1.44. The molecule has 0 amide bonds. The van der Waals surface area contributed by atoms with Crippen LogP contribution in [0.5, 0.6) is 0 Å². The van der Waals surface area contributed by atoms with E-state index in [1.54, 1.807) is 0 Å². The van der Waals surface area contributed by atoms with E-state index in [0.717, 1.165) is 44.9 Å². The molecule has 0 aromatic heterocycles. The van der Waals surface area contributed by atoms with E-state index in [-0.39, 0.29) is 47.0 Å². The van der Waals surface area contributed by atoms with Crippen LogP contribution in [0.4, 0.5) is 0 Å². The van der Waals surface area contributed by atoms with Gasteiger partial charge in [-0.05, 0) is 86.9 Å². The Labute approximate surface area is 196 Å². The fraction of sp³-hybridized carbons (Fsp3) is 0.923. The molecule has 0 radical (unpaired) electrons. The molecule has 5 saturated carbocycles. The molecule has 5 rings (SSSR count). The number of aliphatic hydroxyl groups is 1. The lowest BCUT2D eigenvalue weighted by Crippen LogP contribution is -2.62. The van der Waals surface area contributed by atoms with Crippen LogP contribution in [0.25, 0.3) is 0 Å². The summed E-state index contributed by atoms with van der Waals surface area (Å²) in [7, 11) is 0. The van der Waals surface area contributed by atoms with Gasteiger partial charge in [-0.25, -0.2) is 0 Å². The van der Waals surface area contributed by atoms with Gasteiger partial charge in [0.1, 0.15) is 12.2 Å². The minimum absolute atomic E-state index is 0.0468. The minimum atomic E-state index is -0.470. The molecule has 5 nitrogen and oxygen atoms in total. The molecule has 1 unspecified atom stereocenters. The lowest BCUT2D eigenvalue weighted by atomic mass is 9.44. The number of esters is 2. The highest BCUT2D eigenvalue weighted by molar-refractivity contribution is 6.25. The molecule has 32 heavy (non-hydrogen) atoms. The Morgan fingerprint density at radius 3 is 2.44 bits per heavy atom. The Bertz CT molecular complexity index is 801.